The van der Waals surface area contributed by atoms with E-state index in [0.29, 0.717) is 17.2 Å². The normalized spacial score (nSPS) is 11.3. The van der Waals surface area contributed by atoms with Crippen molar-refractivity contribution < 1.29 is 13.9 Å². The molecule has 0 atom stereocenters. The summed E-state index contributed by atoms with van der Waals surface area (Å²) in [4.78, 5) is 12.5. The van der Waals surface area contributed by atoms with Gasteiger partial charge in [0.1, 0.15) is 17.9 Å². The molecule has 1 heterocycles. The van der Waals surface area contributed by atoms with Gasteiger partial charge in [-0.25, -0.2) is 5.43 Å². The number of hydrogen-bond donors (Lipinski definition) is 1. The van der Waals surface area contributed by atoms with Crippen LogP contribution < -0.4 is 10.2 Å². The lowest BCUT2D eigenvalue weighted by Gasteiger charge is -2.11. The van der Waals surface area contributed by atoms with E-state index in [0.717, 1.165) is 37.4 Å². The fraction of sp³-hybridized carbons (Fsp3) is 0.0435. The molecule has 168 valence electrons. The summed E-state index contributed by atoms with van der Waals surface area (Å²) in [5.74, 6) is 0.588. The van der Waals surface area contributed by atoms with Gasteiger partial charge in [-0.3, -0.25) is 4.79 Å². The highest BCUT2D eigenvalue weighted by Gasteiger charge is 2.14. The van der Waals surface area contributed by atoms with Crippen LogP contribution in [0.5, 0.6) is 5.75 Å². The van der Waals surface area contributed by atoms with Crippen LogP contribution in [0.4, 0.5) is 0 Å². The maximum Gasteiger partial charge on any atom is 0.307 e. The zero-order valence-corrected chi connectivity index (χ0v) is 25.4. The SMILES string of the molecule is O=C(N/N=C\c1cc(I)c(OCc2ccc(Cl)cc2)c(I)c1)c1cc2cc(Br)cc(I)c2o1. The number of halogens is 5. The predicted molar refractivity (Wildman–Crippen MR) is 159 cm³/mol. The quantitative estimate of drug-likeness (QED) is 0.122. The molecule has 0 aliphatic heterocycles. The highest BCUT2D eigenvalue weighted by molar-refractivity contribution is 14.1. The van der Waals surface area contributed by atoms with Crippen LogP contribution in [0.1, 0.15) is 21.7 Å². The Kier molecular flexibility index (Phi) is 8.57. The van der Waals surface area contributed by atoms with Gasteiger partial charge < -0.3 is 9.15 Å². The van der Waals surface area contributed by atoms with E-state index in [4.69, 9.17) is 20.8 Å². The zero-order valence-electron chi connectivity index (χ0n) is 16.5. The number of nitrogens with zero attached hydrogens (tertiary/aromatic N) is 1. The Labute approximate surface area is 244 Å². The van der Waals surface area contributed by atoms with Crippen molar-refractivity contribution in [1.82, 2.24) is 5.43 Å². The number of nitrogens with one attached hydrogen (secondary N) is 1. The zero-order chi connectivity index (χ0) is 23.5. The molecule has 1 amide bonds. The molecule has 0 aliphatic carbocycles. The van der Waals surface area contributed by atoms with Crippen molar-refractivity contribution >= 4 is 118 Å². The van der Waals surface area contributed by atoms with Crippen LogP contribution in [0.15, 0.2) is 68.6 Å². The molecule has 4 rings (SSSR count). The van der Waals surface area contributed by atoms with Gasteiger partial charge in [-0.2, -0.15) is 5.10 Å². The van der Waals surface area contributed by atoms with E-state index in [9.17, 15) is 4.79 Å². The number of ether oxygens (including phenoxy) is 1. The summed E-state index contributed by atoms with van der Waals surface area (Å²) in [5, 5.41) is 5.63. The average Bonchev–Trinajstić information content (AvgIpc) is 3.19. The lowest BCUT2D eigenvalue weighted by Crippen LogP contribution is -2.16. The van der Waals surface area contributed by atoms with Crippen LogP contribution in [-0.2, 0) is 6.61 Å². The van der Waals surface area contributed by atoms with Crippen LogP contribution in [0, 0.1) is 10.7 Å². The summed E-state index contributed by atoms with van der Waals surface area (Å²) < 4.78 is 15.4. The Balaban J connectivity index is 1.42. The van der Waals surface area contributed by atoms with Crippen molar-refractivity contribution in [1.29, 1.82) is 0 Å². The highest BCUT2D eigenvalue weighted by Crippen LogP contribution is 2.30. The molecule has 0 aliphatic rings. The van der Waals surface area contributed by atoms with E-state index < -0.39 is 5.91 Å². The Bertz CT molecular complexity index is 1350. The van der Waals surface area contributed by atoms with E-state index >= 15 is 0 Å². The number of fused-ring (bicyclic) bond motifs is 1. The van der Waals surface area contributed by atoms with Crippen molar-refractivity contribution in [3.05, 3.63) is 91.7 Å². The number of hydrogen-bond acceptors (Lipinski definition) is 4. The first-order chi connectivity index (χ1) is 15.8. The van der Waals surface area contributed by atoms with Crippen LogP contribution in [0.3, 0.4) is 0 Å². The van der Waals surface area contributed by atoms with Crippen LogP contribution in [0.2, 0.25) is 5.02 Å². The fourth-order valence-electron chi connectivity index (χ4n) is 2.94. The van der Waals surface area contributed by atoms with Gasteiger partial charge in [-0.1, -0.05) is 39.7 Å². The number of amides is 1. The largest absolute Gasteiger partial charge is 0.487 e. The molecule has 0 unspecified atom stereocenters. The first kappa shape index (κ1) is 25.2. The summed E-state index contributed by atoms with van der Waals surface area (Å²) in [6.07, 6.45) is 1.59. The number of rotatable bonds is 6. The second-order valence-corrected chi connectivity index (χ2v) is 11.7. The van der Waals surface area contributed by atoms with Gasteiger partial charge >= 0.3 is 5.91 Å². The number of carbonyl (C=O) groups is 1. The fourth-order valence-corrected chi connectivity index (χ4v) is 6.85. The van der Waals surface area contributed by atoms with Crippen molar-refractivity contribution in [2.24, 2.45) is 5.10 Å². The maximum atomic E-state index is 12.5. The standard InChI is InChI=1S/C23H13BrClI3N2O3/c24-15-7-14-8-20(33-21(14)19(28)9-15)23(31)30-29-10-13-5-17(26)22(18(27)6-13)32-11-12-1-3-16(25)4-2-12/h1-10H,11H2,(H,30,31)/b29-10-. The molecule has 0 spiro atoms. The van der Waals surface area contributed by atoms with Crippen molar-refractivity contribution in [2.45, 2.75) is 6.61 Å². The molecule has 0 bridgehead atoms. The van der Waals surface area contributed by atoms with Gasteiger partial charge in [0, 0.05) is 14.9 Å². The number of furan rings is 1. The van der Waals surface area contributed by atoms with Crippen LogP contribution in [-0.4, -0.2) is 12.1 Å². The third-order valence-electron chi connectivity index (χ3n) is 4.46. The third-order valence-corrected chi connectivity index (χ3v) is 7.57. The topological polar surface area (TPSA) is 63.8 Å². The molecule has 0 saturated heterocycles. The average molecular weight is 861 g/mol. The minimum Gasteiger partial charge on any atom is -0.487 e. The van der Waals surface area contributed by atoms with Gasteiger partial charge in [0.05, 0.1) is 16.9 Å². The first-order valence-corrected chi connectivity index (χ1v) is 13.8. The minimum atomic E-state index is -0.415. The number of benzene rings is 3. The second-order valence-electron chi connectivity index (χ2n) is 6.84. The van der Waals surface area contributed by atoms with Crippen molar-refractivity contribution in [3.63, 3.8) is 0 Å². The summed E-state index contributed by atoms with van der Waals surface area (Å²) in [5.41, 5.74) is 5.07. The van der Waals surface area contributed by atoms with Gasteiger partial charge in [0.15, 0.2) is 5.76 Å². The Morgan fingerprint density at radius 3 is 2.45 bits per heavy atom. The molecule has 4 aromatic rings. The second kappa shape index (κ2) is 11.2. The third kappa shape index (κ3) is 6.41. The highest BCUT2D eigenvalue weighted by atomic mass is 127. The van der Waals surface area contributed by atoms with E-state index in [1.807, 2.05) is 48.5 Å². The Morgan fingerprint density at radius 2 is 1.76 bits per heavy atom. The summed E-state index contributed by atoms with van der Waals surface area (Å²) in [6.45, 7) is 0.444. The van der Waals surface area contributed by atoms with E-state index in [1.54, 1.807) is 12.3 Å². The van der Waals surface area contributed by atoms with E-state index in [1.165, 1.54) is 0 Å². The molecule has 0 radical (unpaired) electrons. The lowest BCUT2D eigenvalue weighted by atomic mass is 10.2. The lowest BCUT2D eigenvalue weighted by molar-refractivity contribution is 0.0929. The minimum absolute atomic E-state index is 0.202. The first-order valence-electron chi connectivity index (χ1n) is 9.38. The molecule has 1 aromatic heterocycles. The summed E-state index contributed by atoms with van der Waals surface area (Å²) in [7, 11) is 0. The summed E-state index contributed by atoms with van der Waals surface area (Å²) >= 11 is 16.0. The van der Waals surface area contributed by atoms with Crippen LogP contribution in [0.25, 0.3) is 11.0 Å². The van der Waals surface area contributed by atoms with E-state index in [2.05, 4.69) is 94.2 Å². The smallest absolute Gasteiger partial charge is 0.307 e. The van der Waals surface area contributed by atoms with Gasteiger partial charge in [0.25, 0.3) is 0 Å². The molecular weight excluding hydrogens is 848 g/mol. The molecule has 10 heteroatoms. The van der Waals surface area contributed by atoms with Gasteiger partial charge in [-0.15, -0.1) is 0 Å². The van der Waals surface area contributed by atoms with Crippen molar-refractivity contribution in [3.8, 4) is 5.75 Å². The van der Waals surface area contributed by atoms with Crippen LogP contribution >= 0.6 is 95.3 Å². The van der Waals surface area contributed by atoms with Gasteiger partial charge in [-0.05, 0) is 121 Å². The van der Waals surface area contributed by atoms with E-state index in [-0.39, 0.29) is 5.76 Å². The molecule has 3 aromatic carbocycles. The van der Waals surface area contributed by atoms with Crippen molar-refractivity contribution in [2.75, 3.05) is 0 Å². The summed E-state index contributed by atoms with van der Waals surface area (Å²) in [6, 6.07) is 17.0. The Morgan fingerprint density at radius 1 is 1.06 bits per heavy atom. The molecule has 0 fully saturated rings. The molecule has 33 heavy (non-hydrogen) atoms. The molecule has 5 nitrogen and oxygen atoms in total. The number of carbonyl (C=O) groups excluding carboxylic acids is 1. The molecular formula is C23H13BrClI3N2O3. The Hall–Kier alpha value is -0.900. The molecule has 0 saturated carbocycles. The predicted octanol–water partition coefficient (Wildman–Crippen LogP) is 8.01. The number of hydrazone groups is 1. The monoisotopic (exact) mass is 860 g/mol. The maximum absolute atomic E-state index is 12.5. The van der Waals surface area contributed by atoms with Gasteiger partial charge in [0.2, 0.25) is 0 Å². The molecule has 1 N–H and O–H groups in total.